The van der Waals surface area contributed by atoms with Crippen molar-refractivity contribution < 1.29 is 4.39 Å². The SMILES string of the molecule is Cc1cc(-c2nccn2Cc2ccc(F)cc2)cn(C)c1=O. The third-order valence-corrected chi connectivity index (χ3v) is 3.60. The van der Waals surface area contributed by atoms with Crippen molar-refractivity contribution in [1.82, 2.24) is 14.1 Å². The lowest BCUT2D eigenvalue weighted by molar-refractivity contribution is 0.626. The Morgan fingerprint density at radius 3 is 2.64 bits per heavy atom. The second-order valence-electron chi connectivity index (χ2n) is 5.33. The molecule has 0 saturated heterocycles. The first-order chi connectivity index (χ1) is 10.5. The van der Waals surface area contributed by atoms with Crippen LogP contribution in [0.25, 0.3) is 11.4 Å². The predicted octanol–water partition coefficient (Wildman–Crippen LogP) is 2.74. The van der Waals surface area contributed by atoms with E-state index in [4.69, 9.17) is 0 Å². The first-order valence-corrected chi connectivity index (χ1v) is 6.98. The third kappa shape index (κ3) is 2.70. The molecule has 0 aliphatic carbocycles. The largest absolute Gasteiger partial charge is 0.327 e. The summed E-state index contributed by atoms with van der Waals surface area (Å²) in [7, 11) is 1.73. The molecule has 0 saturated carbocycles. The van der Waals surface area contributed by atoms with E-state index in [1.807, 2.05) is 16.8 Å². The average Bonchev–Trinajstić information content (AvgIpc) is 2.95. The van der Waals surface area contributed by atoms with Gasteiger partial charge in [0, 0.05) is 43.3 Å². The van der Waals surface area contributed by atoms with Gasteiger partial charge < -0.3 is 9.13 Å². The van der Waals surface area contributed by atoms with Gasteiger partial charge in [-0.3, -0.25) is 4.79 Å². The van der Waals surface area contributed by atoms with Gasteiger partial charge in [0.15, 0.2) is 0 Å². The summed E-state index contributed by atoms with van der Waals surface area (Å²) in [6.07, 6.45) is 5.37. The molecule has 0 fully saturated rings. The van der Waals surface area contributed by atoms with Gasteiger partial charge in [0.2, 0.25) is 0 Å². The maximum atomic E-state index is 13.0. The molecule has 112 valence electrons. The van der Waals surface area contributed by atoms with Crippen LogP contribution in [0.2, 0.25) is 0 Å². The Kier molecular flexibility index (Phi) is 3.63. The van der Waals surface area contributed by atoms with E-state index in [2.05, 4.69) is 4.98 Å². The molecule has 0 atom stereocenters. The zero-order valence-electron chi connectivity index (χ0n) is 12.5. The summed E-state index contributed by atoms with van der Waals surface area (Å²) in [5.74, 6) is 0.534. The number of benzene rings is 1. The molecule has 3 aromatic rings. The Labute approximate surface area is 127 Å². The van der Waals surface area contributed by atoms with Gasteiger partial charge >= 0.3 is 0 Å². The molecule has 22 heavy (non-hydrogen) atoms. The highest BCUT2D eigenvalue weighted by atomic mass is 19.1. The number of nitrogens with zero attached hydrogens (tertiary/aromatic N) is 3. The smallest absolute Gasteiger partial charge is 0.253 e. The maximum absolute atomic E-state index is 13.0. The van der Waals surface area contributed by atoms with Crippen molar-refractivity contribution in [2.24, 2.45) is 7.05 Å². The Bertz CT molecular complexity index is 836. The lowest BCUT2D eigenvalue weighted by atomic mass is 10.2. The van der Waals surface area contributed by atoms with Crippen LogP contribution in [-0.4, -0.2) is 14.1 Å². The van der Waals surface area contributed by atoms with Crippen LogP contribution in [0.4, 0.5) is 4.39 Å². The average molecular weight is 297 g/mol. The van der Waals surface area contributed by atoms with Crippen molar-refractivity contribution >= 4 is 0 Å². The summed E-state index contributed by atoms with van der Waals surface area (Å²) >= 11 is 0. The second kappa shape index (κ2) is 5.60. The first kappa shape index (κ1) is 14.3. The standard InChI is InChI=1S/C17H16FN3O/c1-12-9-14(11-20(2)17(12)22)16-19-7-8-21(16)10-13-3-5-15(18)6-4-13/h3-9,11H,10H2,1-2H3. The normalized spacial score (nSPS) is 10.9. The monoisotopic (exact) mass is 297 g/mol. The first-order valence-electron chi connectivity index (χ1n) is 6.98. The van der Waals surface area contributed by atoms with Crippen LogP contribution >= 0.6 is 0 Å². The second-order valence-corrected chi connectivity index (χ2v) is 5.33. The maximum Gasteiger partial charge on any atom is 0.253 e. The number of hydrogen-bond donors (Lipinski definition) is 0. The van der Waals surface area contributed by atoms with Crippen molar-refractivity contribution in [2.45, 2.75) is 13.5 Å². The van der Waals surface area contributed by atoms with E-state index >= 15 is 0 Å². The van der Waals surface area contributed by atoms with Crippen LogP contribution in [0.3, 0.4) is 0 Å². The Morgan fingerprint density at radius 1 is 1.23 bits per heavy atom. The van der Waals surface area contributed by atoms with E-state index in [0.29, 0.717) is 12.1 Å². The highest BCUT2D eigenvalue weighted by Gasteiger charge is 2.09. The van der Waals surface area contributed by atoms with Gasteiger partial charge in [0.05, 0.1) is 0 Å². The van der Waals surface area contributed by atoms with Crippen LogP contribution in [0.15, 0.2) is 53.7 Å². The number of halogens is 1. The summed E-state index contributed by atoms with van der Waals surface area (Å²) in [5, 5.41) is 0. The summed E-state index contributed by atoms with van der Waals surface area (Å²) < 4.78 is 16.5. The quantitative estimate of drug-likeness (QED) is 0.746. The Hall–Kier alpha value is -2.69. The lowest BCUT2D eigenvalue weighted by Crippen LogP contribution is -2.18. The molecular formula is C17H16FN3O. The summed E-state index contributed by atoms with van der Waals surface area (Å²) in [4.78, 5) is 16.2. The fourth-order valence-electron chi connectivity index (χ4n) is 2.48. The molecule has 0 N–H and O–H groups in total. The van der Waals surface area contributed by atoms with E-state index < -0.39 is 0 Å². The highest BCUT2D eigenvalue weighted by Crippen LogP contribution is 2.18. The van der Waals surface area contributed by atoms with Crippen molar-refractivity contribution in [3.63, 3.8) is 0 Å². The zero-order valence-corrected chi connectivity index (χ0v) is 12.5. The minimum atomic E-state index is -0.247. The van der Waals surface area contributed by atoms with Crippen molar-refractivity contribution in [3.8, 4) is 11.4 Å². The van der Waals surface area contributed by atoms with Gasteiger partial charge in [-0.05, 0) is 30.7 Å². The molecule has 0 aliphatic heterocycles. The Morgan fingerprint density at radius 2 is 1.95 bits per heavy atom. The summed E-state index contributed by atoms with van der Waals surface area (Å²) in [5.41, 5.74) is 2.53. The molecule has 2 heterocycles. The number of hydrogen-bond acceptors (Lipinski definition) is 2. The third-order valence-electron chi connectivity index (χ3n) is 3.60. The van der Waals surface area contributed by atoms with Crippen LogP contribution in [0.1, 0.15) is 11.1 Å². The topological polar surface area (TPSA) is 39.8 Å². The molecule has 3 rings (SSSR count). The van der Waals surface area contributed by atoms with Gasteiger partial charge in [-0.2, -0.15) is 0 Å². The van der Waals surface area contributed by atoms with Crippen molar-refractivity contribution in [3.05, 3.63) is 76.2 Å². The molecule has 5 heteroatoms. The molecule has 2 aromatic heterocycles. The van der Waals surface area contributed by atoms with Gasteiger partial charge in [-0.25, -0.2) is 9.37 Å². The highest BCUT2D eigenvalue weighted by molar-refractivity contribution is 5.55. The molecule has 0 spiro atoms. The van der Waals surface area contributed by atoms with Crippen LogP contribution in [0, 0.1) is 12.7 Å². The van der Waals surface area contributed by atoms with E-state index in [-0.39, 0.29) is 11.4 Å². The fraction of sp³-hybridized carbons (Fsp3) is 0.176. The van der Waals surface area contributed by atoms with Gasteiger partial charge in [0.1, 0.15) is 11.6 Å². The molecule has 0 unspecified atom stereocenters. The molecule has 0 radical (unpaired) electrons. The number of rotatable bonds is 3. The Balaban J connectivity index is 1.98. The predicted molar refractivity (Wildman–Crippen MR) is 83.1 cm³/mol. The van der Waals surface area contributed by atoms with Gasteiger partial charge in [-0.1, -0.05) is 12.1 Å². The lowest BCUT2D eigenvalue weighted by Gasteiger charge is -2.10. The fourth-order valence-corrected chi connectivity index (χ4v) is 2.48. The number of aryl methyl sites for hydroxylation is 2. The summed E-state index contributed by atoms with van der Waals surface area (Å²) in [6, 6.07) is 8.24. The van der Waals surface area contributed by atoms with Gasteiger partial charge in [-0.15, -0.1) is 0 Å². The molecule has 0 amide bonds. The molecule has 0 bridgehead atoms. The number of pyridine rings is 1. The minimum Gasteiger partial charge on any atom is -0.327 e. The number of imidazole rings is 1. The van der Waals surface area contributed by atoms with Crippen molar-refractivity contribution in [1.29, 1.82) is 0 Å². The molecular weight excluding hydrogens is 281 g/mol. The summed E-state index contributed by atoms with van der Waals surface area (Å²) in [6.45, 7) is 2.39. The number of aromatic nitrogens is 3. The van der Waals surface area contributed by atoms with Gasteiger partial charge in [0.25, 0.3) is 5.56 Å². The zero-order chi connectivity index (χ0) is 15.7. The molecule has 1 aromatic carbocycles. The van der Waals surface area contributed by atoms with Crippen molar-refractivity contribution in [2.75, 3.05) is 0 Å². The minimum absolute atomic E-state index is 0.0135. The van der Waals surface area contributed by atoms with E-state index in [9.17, 15) is 9.18 Å². The molecule has 0 aliphatic rings. The van der Waals surface area contributed by atoms with E-state index in [1.54, 1.807) is 43.1 Å². The van der Waals surface area contributed by atoms with E-state index in [1.165, 1.54) is 12.1 Å². The molecule has 4 nitrogen and oxygen atoms in total. The van der Waals surface area contributed by atoms with Crippen LogP contribution < -0.4 is 5.56 Å². The van der Waals surface area contributed by atoms with Crippen LogP contribution in [-0.2, 0) is 13.6 Å². The van der Waals surface area contributed by atoms with Crippen LogP contribution in [0.5, 0.6) is 0 Å². The van der Waals surface area contributed by atoms with E-state index in [0.717, 1.165) is 17.0 Å².